The van der Waals surface area contributed by atoms with Gasteiger partial charge in [0.2, 0.25) is 10.0 Å². The van der Waals surface area contributed by atoms with Gasteiger partial charge < -0.3 is 10.1 Å². The predicted molar refractivity (Wildman–Crippen MR) is 83.4 cm³/mol. The minimum atomic E-state index is -3.44. The first-order valence-electron chi connectivity index (χ1n) is 6.22. The summed E-state index contributed by atoms with van der Waals surface area (Å²) < 4.78 is 32.1. The number of nitrogens with one attached hydrogen (secondary N) is 2. The van der Waals surface area contributed by atoms with Crippen LogP contribution in [0.3, 0.4) is 0 Å². The summed E-state index contributed by atoms with van der Waals surface area (Å²) in [5, 5.41) is 2.98. The molecule has 0 atom stereocenters. The molecule has 116 valence electrons. The fraction of sp³-hybridized carbons (Fsp3) is 0.538. The van der Waals surface area contributed by atoms with Gasteiger partial charge in [-0.1, -0.05) is 0 Å². The average molecular weight is 323 g/mol. The zero-order valence-corrected chi connectivity index (χ0v) is 14.0. The summed E-state index contributed by atoms with van der Waals surface area (Å²) in [5.74, 6) is 0.731. The number of ether oxygens (including phenoxy) is 1. The average Bonchev–Trinajstić information content (AvgIpc) is 2.34. The molecular weight excluding hydrogens is 300 g/mol. The monoisotopic (exact) mass is 322 g/mol. The Labute approximate surface area is 127 Å². The standard InChI is InChI=1S/C13H22N2O3S.ClH/c1-10-8-12(9-11(2)13(10)18-4)19(16,17)15-7-5-6-14-3;/h8-9,14-15H,5-7H2,1-4H3;1H. The molecule has 0 saturated heterocycles. The van der Waals surface area contributed by atoms with Crippen LogP contribution in [0.5, 0.6) is 5.75 Å². The van der Waals surface area contributed by atoms with Crippen LogP contribution in [0.2, 0.25) is 0 Å². The Morgan fingerprint density at radius 1 is 1.15 bits per heavy atom. The van der Waals surface area contributed by atoms with Crippen LogP contribution in [0.25, 0.3) is 0 Å². The molecular formula is C13H23ClN2O3S. The Bertz CT molecular complexity index is 509. The van der Waals surface area contributed by atoms with Crippen molar-refractivity contribution in [2.24, 2.45) is 0 Å². The van der Waals surface area contributed by atoms with Gasteiger partial charge in [0.05, 0.1) is 12.0 Å². The Hall–Kier alpha value is -0.820. The van der Waals surface area contributed by atoms with Crippen LogP contribution >= 0.6 is 12.4 Å². The van der Waals surface area contributed by atoms with Crippen molar-refractivity contribution in [1.29, 1.82) is 0 Å². The first-order valence-corrected chi connectivity index (χ1v) is 7.70. The van der Waals surface area contributed by atoms with Crippen LogP contribution in [0, 0.1) is 13.8 Å². The van der Waals surface area contributed by atoms with Gasteiger partial charge >= 0.3 is 0 Å². The second kappa shape index (κ2) is 8.46. The van der Waals surface area contributed by atoms with Crippen molar-refractivity contribution >= 4 is 22.4 Å². The SMILES string of the molecule is CNCCCNS(=O)(=O)c1cc(C)c(OC)c(C)c1.Cl. The molecule has 0 aliphatic carbocycles. The maximum atomic E-state index is 12.1. The highest BCUT2D eigenvalue weighted by Gasteiger charge is 2.16. The minimum Gasteiger partial charge on any atom is -0.496 e. The number of methoxy groups -OCH3 is 1. The third-order valence-corrected chi connectivity index (χ3v) is 4.28. The Morgan fingerprint density at radius 3 is 2.15 bits per heavy atom. The van der Waals surface area contributed by atoms with Crippen molar-refractivity contribution in [3.8, 4) is 5.75 Å². The van der Waals surface area contributed by atoms with Gasteiger partial charge in [-0.2, -0.15) is 0 Å². The zero-order valence-electron chi connectivity index (χ0n) is 12.3. The molecule has 0 unspecified atom stereocenters. The first-order chi connectivity index (χ1) is 8.92. The van der Waals surface area contributed by atoms with Crippen molar-refractivity contribution in [2.75, 3.05) is 27.2 Å². The summed E-state index contributed by atoms with van der Waals surface area (Å²) in [6, 6.07) is 3.26. The molecule has 1 aromatic carbocycles. The number of hydrogen-bond donors (Lipinski definition) is 2. The lowest BCUT2D eigenvalue weighted by atomic mass is 10.1. The molecule has 1 aromatic rings. The molecule has 0 aliphatic rings. The van der Waals surface area contributed by atoms with Crippen molar-refractivity contribution < 1.29 is 13.2 Å². The Kier molecular flexibility index (Phi) is 8.12. The lowest BCUT2D eigenvalue weighted by Crippen LogP contribution is -2.27. The highest BCUT2D eigenvalue weighted by atomic mass is 35.5. The molecule has 0 radical (unpaired) electrons. The van der Waals surface area contributed by atoms with Gasteiger partial charge in [0.15, 0.2) is 0 Å². The lowest BCUT2D eigenvalue weighted by molar-refractivity contribution is 0.408. The fourth-order valence-electron chi connectivity index (χ4n) is 1.94. The van der Waals surface area contributed by atoms with E-state index in [4.69, 9.17) is 4.74 Å². The highest BCUT2D eigenvalue weighted by molar-refractivity contribution is 7.89. The topological polar surface area (TPSA) is 67.4 Å². The van der Waals surface area contributed by atoms with E-state index in [0.29, 0.717) is 6.54 Å². The summed E-state index contributed by atoms with van der Waals surface area (Å²) >= 11 is 0. The van der Waals surface area contributed by atoms with Gasteiger partial charge in [-0.3, -0.25) is 0 Å². The molecule has 1 rings (SSSR count). The number of halogens is 1. The van der Waals surface area contributed by atoms with Crippen LogP contribution in [-0.2, 0) is 10.0 Å². The molecule has 0 aromatic heterocycles. The molecule has 0 heterocycles. The molecule has 5 nitrogen and oxygen atoms in total. The number of rotatable bonds is 7. The van der Waals surface area contributed by atoms with Crippen LogP contribution in [0.15, 0.2) is 17.0 Å². The van der Waals surface area contributed by atoms with Gasteiger partial charge in [0.1, 0.15) is 5.75 Å². The number of benzene rings is 1. The second-order valence-corrected chi connectivity index (χ2v) is 6.21. The molecule has 2 N–H and O–H groups in total. The largest absolute Gasteiger partial charge is 0.496 e. The van der Waals surface area contributed by atoms with Gasteiger partial charge in [0.25, 0.3) is 0 Å². The van der Waals surface area contributed by atoms with Crippen LogP contribution < -0.4 is 14.8 Å². The van der Waals surface area contributed by atoms with E-state index in [1.54, 1.807) is 19.2 Å². The van der Waals surface area contributed by atoms with Gasteiger partial charge in [0, 0.05) is 6.54 Å². The fourth-order valence-corrected chi connectivity index (χ4v) is 3.19. The maximum Gasteiger partial charge on any atom is 0.240 e. The lowest BCUT2D eigenvalue weighted by Gasteiger charge is -2.12. The van der Waals surface area contributed by atoms with E-state index in [9.17, 15) is 8.42 Å². The highest BCUT2D eigenvalue weighted by Crippen LogP contribution is 2.26. The molecule has 0 bridgehead atoms. The molecule has 0 fully saturated rings. The molecule has 7 heteroatoms. The van der Waals surface area contributed by atoms with E-state index < -0.39 is 10.0 Å². The second-order valence-electron chi connectivity index (χ2n) is 4.45. The van der Waals surface area contributed by atoms with Crippen molar-refractivity contribution in [3.63, 3.8) is 0 Å². The Balaban J connectivity index is 0.00000361. The van der Waals surface area contributed by atoms with Crippen LogP contribution in [0.1, 0.15) is 17.5 Å². The molecule has 0 amide bonds. The zero-order chi connectivity index (χ0) is 14.5. The van der Waals surface area contributed by atoms with Crippen molar-refractivity contribution in [2.45, 2.75) is 25.2 Å². The molecule has 20 heavy (non-hydrogen) atoms. The summed E-state index contributed by atoms with van der Waals surface area (Å²) in [7, 11) is -0.0232. The summed E-state index contributed by atoms with van der Waals surface area (Å²) in [4.78, 5) is 0.285. The van der Waals surface area contributed by atoms with E-state index >= 15 is 0 Å². The first kappa shape index (κ1) is 19.2. The van der Waals surface area contributed by atoms with E-state index in [2.05, 4.69) is 10.0 Å². The smallest absolute Gasteiger partial charge is 0.240 e. The summed E-state index contributed by atoms with van der Waals surface area (Å²) in [6.45, 7) is 4.88. The van der Waals surface area contributed by atoms with Crippen LogP contribution in [0.4, 0.5) is 0 Å². The molecule has 0 spiro atoms. The Morgan fingerprint density at radius 2 is 1.70 bits per heavy atom. The summed E-state index contributed by atoms with van der Waals surface area (Å²) in [5.41, 5.74) is 1.64. The third-order valence-electron chi connectivity index (χ3n) is 2.84. The molecule has 0 aliphatic heterocycles. The predicted octanol–water partition coefficient (Wildman–Crippen LogP) is 1.62. The van der Waals surface area contributed by atoms with Gasteiger partial charge in [-0.25, -0.2) is 13.1 Å². The number of hydrogen-bond acceptors (Lipinski definition) is 4. The van der Waals surface area contributed by atoms with Gasteiger partial charge in [-0.15, -0.1) is 12.4 Å². The molecule has 0 saturated carbocycles. The van der Waals surface area contributed by atoms with E-state index in [1.165, 1.54) is 0 Å². The maximum absolute atomic E-state index is 12.1. The van der Waals surface area contributed by atoms with Gasteiger partial charge in [-0.05, 0) is 57.1 Å². The number of aryl methyl sites for hydroxylation is 2. The summed E-state index contributed by atoms with van der Waals surface area (Å²) in [6.07, 6.45) is 0.754. The van der Waals surface area contributed by atoms with Crippen molar-refractivity contribution in [3.05, 3.63) is 23.3 Å². The van der Waals surface area contributed by atoms with E-state index in [1.807, 2.05) is 20.9 Å². The third kappa shape index (κ3) is 4.94. The van der Waals surface area contributed by atoms with E-state index in [-0.39, 0.29) is 17.3 Å². The quantitative estimate of drug-likeness (QED) is 0.749. The normalized spacial score (nSPS) is 11.0. The van der Waals surface area contributed by atoms with E-state index in [0.717, 1.165) is 29.8 Å². The van der Waals surface area contributed by atoms with Crippen LogP contribution in [-0.4, -0.2) is 35.7 Å². The minimum absolute atomic E-state index is 0. The van der Waals surface area contributed by atoms with Crippen molar-refractivity contribution in [1.82, 2.24) is 10.0 Å². The number of sulfonamides is 1.